The molecule has 1 aromatic heterocycles. The van der Waals surface area contributed by atoms with Crippen LogP contribution in [0.15, 0.2) is 72.8 Å². The zero-order chi connectivity index (χ0) is 22.0. The van der Waals surface area contributed by atoms with Crippen LogP contribution in [-0.2, 0) is 6.54 Å². The molecule has 0 saturated heterocycles. The van der Waals surface area contributed by atoms with Crippen molar-refractivity contribution in [1.29, 1.82) is 0 Å². The van der Waals surface area contributed by atoms with Crippen molar-refractivity contribution >= 4 is 22.6 Å². The van der Waals surface area contributed by atoms with Gasteiger partial charge in [0.25, 0.3) is 11.6 Å². The van der Waals surface area contributed by atoms with Gasteiger partial charge in [-0.2, -0.15) is 0 Å². The first kappa shape index (κ1) is 20.2. The number of carbonyl (C=O) groups excluding carboxylic acids is 1. The minimum atomic E-state index is -0.435. The number of fused-ring (bicyclic) bond motifs is 1. The van der Waals surface area contributed by atoms with E-state index in [2.05, 4.69) is 10.3 Å². The number of rotatable bonds is 6. The monoisotopic (exact) mass is 415 g/mol. The van der Waals surface area contributed by atoms with Gasteiger partial charge in [-0.3, -0.25) is 14.9 Å². The number of carbonyl (C=O) groups is 1. The minimum absolute atomic E-state index is 0.00943. The molecule has 3 aromatic carbocycles. The summed E-state index contributed by atoms with van der Waals surface area (Å²) in [6.45, 7) is 2.40. The summed E-state index contributed by atoms with van der Waals surface area (Å²) in [5.74, 6) is -0.156. The van der Waals surface area contributed by atoms with Gasteiger partial charge in [-0.25, -0.2) is 4.68 Å². The van der Waals surface area contributed by atoms with Gasteiger partial charge in [0.15, 0.2) is 0 Å². The molecule has 4 rings (SSSR count). The number of nitro groups is 1. The number of nitro benzene ring substituents is 1. The van der Waals surface area contributed by atoms with Gasteiger partial charge in [-0.1, -0.05) is 41.6 Å². The molecular formula is C23H21N5O3. The van der Waals surface area contributed by atoms with Gasteiger partial charge in [0.05, 0.1) is 23.0 Å². The van der Waals surface area contributed by atoms with Crippen molar-refractivity contribution in [2.45, 2.75) is 19.5 Å². The van der Waals surface area contributed by atoms with Gasteiger partial charge in [0.2, 0.25) is 0 Å². The maximum absolute atomic E-state index is 12.9. The Hall–Kier alpha value is -4.07. The number of non-ortho nitro benzene ring substituents is 1. The van der Waals surface area contributed by atoms with Crippen molar-refractivity contribution in [1.82, 2.24) is 19.9 Å². The first-order valence-corrected chi connectivity index (χ1v) is 9.83. The molecule has 31 heavy (non-hydrogen) atoms. The second-order valence-electron chi connectivity index (χ2n) is 7.38. The Kier molecular flexibility index (Phi) is 5.44. The van der Waals surface area contributed by atoms with Crippen LogP contribution in [0.1, 0.15) is 34.5 Å². The predicted molar refractivity (Wildman–Crippen MR) is 117 cm³/mol. The summed E-state index contributed by atoms with van der Waals surface area (Å²) in [4.78, 5) is 25.1. The van der Waals surface area contributed by atoms with E-state index in [0.717, 1.165) is 16.6 Å². The lowest BCUT2D eigenvalue weighted by Gasteiger charge is -2.25. The third-order valence-electron chi connectivity index (χ3n) is 5.42. The number of hydrogen-bond donors (Lipinski definition) is 0. The Morgan fingerprint density at radius 1 is 1.10 bits per heavy atom. The Morgan fingerprint density at radius 3 is 2.58 bits per heavy atom. The molecule has 0 aliphatic rings. The molecule has 1 atom stereocenters. The molecule has 0 fully saturated rings. The zero-order valence-corrected chi connectivity index (χ0v) is 17.2. The van der Waals surface area contributed by atoms with E-state index in [1.807, 2.05) is 48.0 Å². The molecule has 0 N–H and O–H groups in total. The van der Waals surface area contributed by atoms with E-state index >= 15 is 0 Å². The quantitative estimate of drug-likeness (QED) is 0.347. The van der Waals surface area contributed by atoms with E-state index in [-0.39, 0.29) is 17.6 Å². The van der Waals surface area contributed by atoms with Crippen molar-refractivity contribution in [3.05, 3.63) is 99.6 Å². The van der Waals surface area contributed by atoms with Gasteiger partial charge in [-0.15, -0.1) is 5.10 Å². The summed E-state index contributed by atoms with van der Waals surface area (Å²) in [7, 11) is 1.70. The van der Waals surface area contributed by atoms with E-state index < -0.39 is 4.92 Å². The molecule has 0 aliphatic heterocycles. The smallest absolute Gasteiger partial charge is 0.269 e. The van der Waals surface area contributed by atoms with Crippen molar-refractivity contribution in [3.8, 4) is 0 Å². The fourth-order valence-electron chi connectivity index (χ4n) is 3.46. The van der Waals surface area contributed by atoms with Crippen LogP contribution in [-0.4, -0.2) is 37.8 Å². The second-order valence-corrected chi connectivity index (χ2v) is 7.38. The number of para-hydroxylation sites is 1. The SMILES string of the molecule is C[C@@H](c1cccc([N+](=O)[O-])c1)N(C)C(=O)c1ccc(Cn2nnc3ccccc32)cc1. The number of benzene rings is 3. The highest BCUT2D eigenvalue weighted by molar-refractivity contribution is 5.94. The predicted octanol–water partition coefficient (Wildman–Crippen LogP) is 4.22. The molecule has 8 heteroatoms. The molecule has 0 saturated carbocycles. The summed E-state index contributed by atoms with van der Waals surface area (Å²) in [6.07, 6.45) is 0. The number of aromatic nitrogens is 3. The lowest BCUT2D eigenvalue weighted by atomic mass is 10.0. The lowest BCUT2D eigenvalue weighted by Crippen LogP contribution is -2.29. The van der Waals surface area contributed by atoms with Crippen LogP contribution in [0.3, 0.4) is 0 Å². The summed E-state index contributed by atoms with van der Waals surface area (Å²) in [5.41, 5.74) is 4.06. The third kappa shape index (κ3) is 4.13. The highest BCUT2D eigenvalue weighted by Crippen LogP contribution is 2.24. The van der Waals surface area contributed by atoms with Gasteiger partial charge < -0.3 is 4.90 Å². The molecule has 0 radical (unpaired) electrons. The zero-order valence-electron chi connectivity index (χ0n) is 17.2. The van der Waals surface area contributed by atoms with E-state index in [9.17, 15) is 14.9 Å². The molecule has 8 nitrogen and oxygen atoms in total. The molecular weight excluding hydrogens is 394 g/mol. The minimum Gasteiger partial charge on any atom is -0.335 e. The molecule has 0 bridgehead atoms. The third-order valence-corrected chi connectivity index (χ3v) is 5.42. The van der Waals surface area contributed by atoms with E-state index in [4.69, 9.17) is 0 Å². The second kappa shape index (κ2) is 8.35. The van der Waals surface area contributed by atoms with Crippen molar-refractivity contribution < 1.29 is 9.72 Å². The first-order valence-electron chi connectivity index (χ1n) is 9.83. The van der Waals surface area contributed by atoms with E-state index in [1.54, 1.807) is 36.2 Å². The van der Waals surface area contributed by atoms with E-state index in [1.165, 1.54) is 12.1 Å². The average molecular weight is 415 g/mol. The molecule has 1 amide bonds. The molecule has 0 unspecified atom stereocenters. The molecule has 156 valence electrons. The number of amides is 1. The highest BCUT2D eigenvalue weighted by atomic mass is 16.6. The summed E-state index contributed by atoms with van der Waals surface area (Å²) in [5, 5.41) is 19.4. The molecule has 0 aliphatic carbocycles. The summed E-state index contributed by atoms with van der Waals surface area (Å²) < 4.78 is 1.82. The van der Waals surface area contributed by atoms with Crippen LogP contribution in [0.2, 0.25) is 0 Å². The average Bonchev–Trinajstić information content (AvgIpc) is 3.21. The van der Waals surface area contributed by atoms with Crippen molar-refractivity contribution in [3.63, 3.8) is 0 Å². The fraction of sp³-hybridized carbons (Fsp3) is 0.174. The maximum Gasteiger partial charge on any atom is 0.269 e. The van der Waals surface area contributed by atoms with Gasteiger partial charge in [0.1, 0.15) is 5.52 Å². The molecule has 4 aromatic rings. The first-order chi connectivity index (χ1) is 14.9. The highest BCUT2D eigenvalue weighted by Gasteiger charge is 2.20. The van der Waals surface area contributed by atoms with Gasteiger partial charge in [-0.05, 0) is 42.3 Å². The molecule has 1 heterocycles. The Bertz CT molecular complexity index is 1250. The van der Waals surface area contributed by atoms with Gasteiger partial charge >= 0.3 is 0 Å². The Labute approximate surface area is 178 Å². The lowest BCUT2D eigenvalue weighted by molar-refractivity contribution is -0.384. The topological polar surface area (TPSA) is 94.2 Å². The summed E-state index contributed by atoms with van der Waals surface area (Å²) >= 11 is 0. The normalized spacial score (nSPS) is 11.9. The van der Waals surface area contributed by atoms with Crippen LogP contribution < -0.4 is 0 Å². The van der Waals surface area contributed by atoms with Crippen molar-refractivity contribution in [2.24, 2.45) is 0 Å². The Balaban J connectivity index is 1.48. The Morgan fingerprint density at radius 2 is 1.84 bits per heavy atom. The molecule has 0 spiro atoms. The van der Waals surface area contributed by atoms with Crippen molar-refractivity contribution in [2.75, 3.05) is 7.05 Å². The van der Waals surface area contributed by atoms with Crippen LogP contribution in [0.5, 0.6) is 0 Å². The van der Waals surface area contributed by atoms with Crippen LogP contribution in [0.25, 0.3) is 11.0 Å². The van der Waals surface area contributed by atoms with Gasteiger partial charge in [0, 0.05) is 24.7 Å². The largest absolute Gasteiger partial charge is 0.335 e. The van der Waals surface area contributed by atoms with E-state index in [0.29, 0.717) is 17.7 Å². The summed E-state index contributed by atoms with van der Waals surface area (Å²) in [6, 6.07) is 21.2. The number of hydrogen-bond acceptors (Lipinski definition) is 5. The number of nitrogens with zero attached hydrogens (tertiary/aromatic N) is 5. The standard InChI is InChI=1S/C23H21N5O3/c1-16(19-6-5-7-20(14-19)28(30)31)26(2)23(29)18-12-10-17(11-13-18)15-27-22-9-4-3-8-21(22)24-25-27/h3-14,16H,15H2,1-2H3/t16-/m0/s1. The fourth-order valence-corrected chi connectivity index (χ4v) is 3.46. The van der Waals surface area contributed by atoms with Crippen LogP contribution in [0.4, 0.5) is 5.69 Å². The van der Waals surface area contributed by atoms with Crippen LogP contribution in [0, 0.1) is 10.1 Å². The maximum atomic E-state index is 12.9. The van der Waals surface area contributed by atoms with Crippen LogP contribution >= 0.6 is 0 Å².